The third kappa shape index (κ3) is 5.14. The monoisotopic (exact) mass is 243 g/mol. The molecule has 0 saturated carbocycles. The number of rotatable bonds is 6. The Labute approximate surface area is 100 Å². The Balaban J connectivity index is 5.00. The first-order chi connectivity index (χ1) is 7.93. The number of hydrogen-bond donors (Lipinski definition) is 0. The zero-order valence-corrected chi connectivity index (χ0v) is 10.5. The van der Waals surface area contributed by atoms with Gasteiger partial charge in [-0.25, -0.2) is 9.59 Å². The predicted molar refractivity (Wildman–Crippen MR) is 60.0 cm³/mol. The first kappa shape index (κ1) is 15.2. The maximum absolute atomic E-state index is 11.6. The number of hydrogen-bond acceptors (Lipinski definition) is 6. The van der Waals surface area contributed by atoms with Crippen LogP contribution in [0, 0.1) is 0 Å². The summed E-state index contributed by atoms with van der Waals surface area (Å²) in [5, 5.41) is 0. The van der Waals surface area contributed by atoms with E-state index in [4.69, 9.17) is 4.74 Å². The van der Waals surface area contributed by atoms with E-state index in [-0.39, 0.29) is 18.8 Å². The van der Waals surface area contributed by atoms with E-state index in [0.29, 0.717) is 0 Å². The van der Waals surface area contributed by atoms with Gasteiger partial charge in [-0.2, -0.15) is 0 Å². The molecule has 0 bridgehead atoms. The van der Waals surface area contributed by atoms with Crippen LogP contribution < -0.4 is 0 Å². The van der Waals surface area contributed by atoms with Crippen molar-refractivity contribution in [1.82, 2.24) is 4.90 Å². The number of carbonyl (C=O) groups is 3. The van der Waals surface area contributed by atoms with Crippen molar-refractivity contribution >= 4 is 17.7 Å². The van der Waals surface area contributed by atoms with Crippen molar-refractivity contribution in [2.45, 2.75) is 13.8 Å². The summed E-state index contributed by atoms with van der Waals surface area (Å²) in [4.78, 5) is 35.8. The quantitative estimate of drug-likeness (QED) is 0.217. The Kier molecular flexibility index (Phi) is 6.62. The van der Waals surface area contributed by atoms with E-state index in [1.54, 1.807) is 27.9 Å². The minimum Gasteiger partial charge on any atom is -0.462 e. The van der Waals surface area contributed by atoms with Gasteiger partial charge in [0.2, 0.25) is 0 Å². The highest BCUT2D eigenvalue weighted by molar-refractivity contribution is 6.46. The number of Topliss-reactive ketones (excluding diaryl/α,β-unsaturated/α-hetero) is 1. The summed E-state index contributed by atoms with van der Waals surface area (Å²) < 4.78 is 9.23. The molecule has 0 fully saturated rings. The molecule has 0 unspecified atom stereocenters. The van der Waals surface area contributed by atoms with E-state index in [9.17, 15) is 14.4 Å². The lowest BCUT2D eigenvalue weighted by molar-refractivity contribution is -0.154. The van der Waals surface area contributed by atoms with Crippen molar-refractivity contribution in [3.05, 3.63) is 11.8 Å². The summed E-state index contributed by atoms with van der Waals surface area (Å²) in [5.74, 6) is -2.90. The molecule has 0 saturated heterocycles. The predicted octanol–water partition coefficient (Wildman–Crippen LogP) is 0.127. The van der Waals surface area contributed by atoms with Crippen molar-refractivity contribution in [3.63, 3.8) is 0 Å². The SMILES string of the molecule is CCOC(=O)C(=O)C(=CN(C)C)C(=O)OCC. The van der Waals surface area contributed by atoms with E-state index in [0.717, 1.165) is 0 Å². The molecule has 0 aromatic rings. The summed E-state index contributed by atoms with van der Waals surface area (Å²) in [6, 6.07) is 0. The molecule has 0 aliphatic rings. The van der Waals surface area contributed by atoms with Gasteiger partial charge in [-0.15, -0.1) is 0 Å². The molecule has 6 nitrogen and oxygen atoms in total. The van der Waals surface area contributed by atoms with E-state index in [1.807, 2.05) is 0 Å². The van der Waals surface area contributed by atoms with Crippen molar-refractivity contribution < 1.29 is 23.9 Å². The number of ketones is 1. The van der Waals surface area contributed by atoms with Crippen LogP contribution in [0.1, 0.15) is 13.8 Å². The molecule has 0 aliphatic carbocycles. The molecule has 0 amide bonds. The Morgan fingerprint density at radius 3 is 1.88 bits per heavy atom. The zero-order valence-electron chi connectivity index (χ0n) is 10.5. The van der Waals surface area contributed by atoms with Crippen molar-refractivity contribution in [2.75, 3.05) is 27.3 Å². The lowest BCUT2D eigenvalue weighted by atomic mass is 10.2. The van der Waals surface area contributed by atoms with Gasteiger partial charge in [0.25, 0.3) is 5.78 Å². The largest absolute Gasteiger partial charge is 0.462 e. The lowest BCUT2D eigenvalue weighted by Crippen LogP contribution is -2.26. The van der Waals surface area contributed by atoms with Crippen LogP contribution in [0.3, 0.4) is 0 Å². The van der Waals surface area contributed by atoms with E-state index >= 15 is 0 Å². The molecule has 0 spiro atoms. The molecule has 0 radical (unpaired) electrons. The maximum atomic E-state index is 11.6. The summed E-state index contributed by atoms with van der Waals surface area (Å²) >= 11 is 0. The van der Waals surface area contributed by atoms with Crippen LogP contribution in [-0.2, 0) is 23.9 Å². The summed E-state index contributed by atoms with van der Waals surface area (Å²) in [6.07, 6.45) is 1.23. The zero-order chi connectivity index (χ0) is 13.4. The van der Waals surface area contributed by atoms with Crippen LogP contribution in [0.4, 0.5) is 0 Å². The lowest BCUT2D eigenvalue weighted by Gasteiger charge is -2.09. The third-order valence-corrected chi connectivity index (χ3v) is 1.59. The molecule has 0 aromatic carbocycles. The molecule has 96 valence electrons. The number of carbonyl (C=O) groups excluding carboxylic acids is 3. The van der Waals surface area contributed by atoms with Crippen molar-refractivity contribution in [3.8, 4) is 0 Å². The molecule has 0 atom stereocenters. The van der Waals surface area contributed by atoms with Crippen LogP contribution in [0.15, 0.2) is 11.8 Å². The van der Waals surface area contributed by atoms with Gasteiger partial charge >= 0.3 is 11.9 Å². The van der Waals surface area contributed by atoms with Crippen LogP contribution >= 0.6 is 0 Å². The number of ether oxygens (including phenoxy) is 2. The highest BCUT2D eigenvalue weighted by Gasteiger charge is 2.27. The van der Waals surface area contributed by atoms with Crippen LogP contribution in [0.5, 0.6) is 0 Å². The van der Waals surface area contributed by atoms with Gasteiger partial charge in [-0.05, 0) is 13.8 Å². The molecule has 6 heteroatoms. The molecular weight excluding hydrogens is 226 g/mol. The molecule has 0 rings (SSSR count). The summed E-state index contributed by atoms with van der Waals surface area (Å²) in [7, 11) is 3.25. The van der Waals surface area contributed by atoms with Gasteiger partial charge < -0.3 is 14.4 Å². The number of nitrogens with zero attached hydrogens (tertiary/aromatic N) is 1. The number of esters is 2. The highest BCUT2D eigenvalue weighted by Crippen LogP contribution is 2.03. The first-order valence-corrected chi connectivity index (χ1v) is 5.20. The Morgan fingerprint density at radius 2 is 1.47 bits per heavy atom. The van der Waals surface area contributed by atoms with Crippen LogP contribution in [0.25, 0.3) is 0 Å². The maximum Gasteiger partial charge on any atom is 0.380 e. The summed E-state index contributed by atoms with van der Waals surface area (Å²) in [6.45, 7) is 3.38. The summed E-state index contributed by atoms with van der Waals surface area (Å²) in [5.41, 5.74) is -0.338. The highest BCUT2D eigenvalue weighted by atomic mass is 16.5. The second-order valence-corrected chi connectivity index (χ2v) is 3.28. The standard InChI is InChI=1S/C11H17NO5/c1-5-16-10(14)8(7-12(3)4)9(13)11(15)17-6-2/h7H,5-6H2,1-4H3. The molecule has 0 N–H and O–H groups in total. The average Bonchev–Trinajstić information content (AvgIpc) is 2.25. The first-order valence-electron chi connectivity index (χ1n) is 5.20. The van der Waals surface area contributed by atoms with E-state index in [1.165, 1.54) is 11.1 Å². The van der Waals surface area contributed by atoms with Crippen LogP contribution in [-0.4, -0.2) is 49.9 Å². The van der Waals surface area contributed by atoms with Gasteiger partial charge in [-0.3, -0.25) is 4.79 Å². The van der Waals surface area contributed by atoms with Gasteiger partial charge in [0.15, 0.2) is 0 Å². The third-order valence-electron chi connectivity index (χ3n) is 1.59. The molecular formula is C11H17NO5. The normalized spacial score (nSPS) is 10.7. The average molecular weight is 243 g/mol. The van der Waals surface area contributed by atoms with Gasteiger partial charge in [0.05, 0.1) is 13.2 Å². The second-order valence-electron chi connectivity index (χ2n) is 3.28. The van der Waals surface area contributed by atoms with Crippen molar-refractivity contribution in [2.24, 2.45) is 0 Å². The fourth-order valence-electron chi connectivity index (χ4n) is 0.978. The Bertz CT molecular complexity index is 333. The molecule has 0 aliphatic heterocycles. The van der Waals surface area contributed by atoms with Gasteiger partial charge in [-0.1, -0.05) is 0 Å². The van der Waals surface area contributed by atoms with Gasteiger partial charge in [0.1, 0.15) is 5.57 Å². The Morgan fingerprint density at radius 1 is 1.00 bits per heavy atom. The topological polar surface area (TPSA) is 72.9 Å². The minimum atomic E-state index is -1.06. The van der Waals surface area contributed by atoms with E-state index < -0.39 is 17.7 Å². The van der Waals surface area contributed by atoms with E-state index in [2.05, 4.69) is 4.74 Å². The van der Waals surface area contributed by atoms with Crippen molar-refractivity contribution in [1.29, 1.82) is 0 Å². The minimum absolute atomic E-state index is 0.0721. The molecule has 0 heterocycles. The Hall–Kier alpha value is -1.85. The van der Waals surface area contributed by atoms with Gasteiger partial charge in [0, 0.05) is 20.3 Å². The molecule has 0 aromatic heterocycles. The molecule has 17 heavy (non-hydrogen) atoms. The second kappa shape index (κ2) is 7.43. The smallest absolute Gasteiger partial charge is 0.380 e. The van der Waals surface area contributed by atoms with Crippen LogP contribution in [0.2, 0.25) is 0 Å². The fourth-order valence-corrected chi connectivity index (χ4v) is 0.978. The fraction of sp³-hybridized carbons (Fsp3) is 0.545.